The molecule has 1 saturated heterocycles. The Kier molecular flexibility index (Phi) is 4.58. The van der Waals surface area contributed by atoms with E-state index >= 15 is 0 Å². The van der Waals surface area contributed by atoms with Crippen molar-refractivity contribution in [1.82, 2.24) is 14.9 Å². The van der Waals surface area contributed by atoms with E-state index in [1.54, 1.807) is 12.3 Å². The quantitative estimate of drug-likeness (QED) is 0.869. The SMILES string of the molecule is Clc1cnc(CN2CCN(c3ccncc3)CC2)c(Cl)c1. The van der Waals surface area contributed by atoms with Gasteiger partial charge in [0, 0.05) is 57.0 Å². The van der Waals surface area contributed by atoms with Crippen molar-refractivity contribution in [3.8, 4) is 0 Å². The van der Waals surface area contributed by atoms with E-state index in [-0.39, 0.29) is 0 Å². The summed E-state index contributed by atoms with van der Waals surface area (Å²) in [5.74, 6) is 0. The molecule has 0 spiro atoms. The Bertz CT molecular complexity index is 598. The second kappa shape index (κ2) is 6.60. The first-order valence-electron chi connectivity index (χ1n) is 6.89. The summed E-state index contributed by atoms with van der Waals surface area (Å²) in [5, 5.41) is 1.21. The Balaban J connectivity index is 1.59. The van der Waals surface area contributed by atoms with E-state index in [0.717, 1.165) is 38.4 Å². The third kappa shape index (κ3) is 3.64. The van der Waals surface area contributed by atoms with Gasteiger partial charge in [-0.3, -0.25) is 14.9 Å². The molecule has 0 aromatic carbocycles. The van der Waals surface area contributed by atoms with Crippen LogP contribution in [0.25, 0.3) is 0 Å². The normalized spacial score (nSPS) is 16.2. The van der Waals surface area contributed by atoms with Gasteiger partial charge in [-0.05, 0) is 18.2 Å². The molecule has 21 heavy (non-hydrogen) atoms. The van der Waals surface area contributed by atoms with Gasteiger partial charge >= 0.3 is 0 Å². The van der Waals surface area contributed by atoms with Crippen LogP contribution >= 0.6 is 23.2 Å². The van der Waals surface area contributed by atoms with Crippen molar-refractivity contribution in [2.75, 3.05) is 31.1 Å². The van der Waals surface area contributed by atoms with Crippen LogP contribution in [0, 0.1) is 0 Å². The molecule has 0 radical (unpaired) electrons. The predicted octanol–water partition coefficient (Wildman–Crippen LogP) is 3.11. The van der Waals surface area contributed by atoms with Crippen LogP contribution in [-0.2, 0) is 6.54 Å². The van der Waals surface area contributed by atoms with Gasteiger partial charge in [-0.2, -0.15) is 0 Å². The summed E-state index contributed by atoms with van der Waals surface area (Å²) in [6, 6.07) is 5.85. The van der Waals surface area contributed by atoms with Crippen molar-refractivity contribution >= 4 is 28.9 Å². The van der Waals surface area contributed by atoms with Crippen molar-refractivity contribution < 1.29 is 0 Å². The third-order valence-electron chi connectivity index (χ3n) is 3.66. The highest BCUT2D eigenvalue weighted by Gasteiger charge is 2.18. The maximum atomic E-state index is 6.18. The van der Waals surface area contributed by atoms with Crippen LogP contribution < -0.4 is 4.90 Å². The number of hydrogen-bond acceptors (Lipinski definition) is 4. The van der Waals surface area contributed by atoms with E-state index in [1.807, 2.05) is 24.5 Å². The monoisotopic (exact) mass is 322 g/mol. The van der Waals surface area contributed by atoms with E-state index in [0.29, 0.717) is 10.0 Å². The number of piperazine rings is 1. The maximum Gasteiger partial charge on any atom is 0.0730 e. The highest BCUT2D eigenvalue weighted by atomic mass is 35.5. The summed E-state index contributed by atoms with van der Waals surface area (Å²) in [7, 11) is 0. The summed E-state index contributed by atoms with van der Waals surface area (Å²) in [4.78, 5) is 13.1. The first-order valence-corrected chi connectivity index (χ1v) is 7.65. The molecule has 1 fully saturated rings. The number of aromatic nitrogens is 2. The van der Waals surface area contributed by atoms with E-state index in [4.69, 9.17) is 23.2 Å². The van der Waals surface area contributed by atoms with Crippen LogP contribution in [0.5, 0.6) is 0 Å². The Labute approximate surface area is 134 Å². The molecule has 0 unspecified atom stereocenters. The molecular formula is C15H16Cl2N4. The molecular weight excluding hydrogens is 307 g/mol. The molecule has 0 saturated carbocycles. The Morgan fingerprint density at radius 2 is 1.76 bits per heavy atom. The van der Waals surface area contributed by atoms with Crippen LogP contribution in [0.1, 0.15) is 5.69 Å². The Morgan fingerprint density at radius 3 is 2.43 bits per heavy atom. The van der Waals surface area contributed by atoms with Crippen molar-refractivity contribution in [2.24, 2.45) is 0 Å². The second-order valence-electron chi connectivity index (χ2n) is 5.05. The lowest BCUT2D eigenvalue weighted by atomic mass is 10.2. The fourth-order valence-corrected chi connectivity index (χ4v) is 2.93. The lowest BCUT2D eigenvalue weighted by Gasteiger charge is -2.35. The molecule has 4 nitrogen and oxygen atoms in total. The summed E-state index contributed by atoms with van der Waals surface area (Å²) in [6.45, 7) is 4.73. The maximum absolute atomic E-state index is 6.18. The summed E-state index contributed by atoms with van der Waals surface area (Å²) in [5.41, 5.74) is 2.12. The molecule has 0 N–H and O–H groups in total. The van der Waals surface area contributed by atoms with Gasteiger partial charge in [0.2, 0.25) is 0 Å². The molecule has 1 aliphatic heterocycles. The van der Waals surface area contributed by atoms with Crippen LogP contribution in [0.3, 0.4) is 0 Å². The van der Waals surface area contributed by atoms with Gasteiger partial charge in [-0.25, -0.2) is 0 Å². The second-order valence-corrected chi connectivity index (χ2v) is 5.89. The highest BCUT2D eigenvalue weighted by Crippen LogP contribution is 2.21. The van der Waals surface area contributed by atoms with Crippen molar-refractivity contribution in [3.63, 3.8) is 0 Å². The van der Waals surface area contributed by atoms with Crippen molar-refractivity contribution in [1.29, 1.82) is 0 Å². The van der Waals surface area contributed by atoms with Crippen LogP contribution in [0.15, 0.2) is 36.8 Å². The van der Waals surface area contributed by atoms with Gasteiger partial charge in [0.05, 0.1) is 15.7 Å². The standard InChI is InChI=1S/C15H16Cl2N4/c16-12-9-14(17)15(19-10-12)11-20-5-7-21(8-6-20)13-1-3-18-4-2-13/h1-4,9-10H,5-8,11H2. The molecule has 0 bridgehead atoms. The van der Waals surface area contributed by atoms with E-state index < -0.39 is 0 Å². The smallest absolute Gasteiger partial charge is 0.0730 e. The number of anilines is 1. The Hall–Kier alpha value is -1.36. The number of hydrogen-bond donors (Lipinski definition) is 0. The fraction of sp³-hybridized carbons (Fsp3) is 0.333. The fourth-order valence-electron chi connectivity index (χ4n) is 2.49. The molecule has 6 heteroatoms. The lowest BCUT2D eigenvalue weighted by molar-refractivity contribution is 0.247. The zero-order valence-electron chi connectivity index (χ0n) is 11.5. The van der Waals surface area contributed by atoms with Crippen LogP contribution in [0.2, 0.25) is 10.0 Å². The summed E-state index contributed by atoms with van der Waals surface area (Å²) in [6.07, 6.45) is 5.31. The zero-order valence-corrected chi connectivity index (χ0v) is 13.1. The summed E-state index contributed by atoms with van der Waals surface area (Å²) >= 11 is 12.1. The Morgan fingerprint density at radius 1 is 1.05 bits per heavy atom. The largest absolute Gasteiger partial charge is 0.369 e. The molecule has 0 aliphatic carbocycles. The van der Waals surface area contributed by atoms with E-state index in [1.165, 1.54) is 5.69 Å². The number of pyridine rings is 2. The van der Waals surface area contributed by atoms with Gasteiger partial charge in [-0.1, -0.05) is 23.2 Å². The molecule has 0 amide bonds. The first-order chi connectivity index (χ1) is 10.2. The molecule has 2 aromatic heterocycles. The third-order valence-corrected chi connectivity index (χ3v) is 4.19. The van der Waals surface area contributed by atoms with Gasteiger partial charge in [0.1, 0.15) is 0 Å². The van der Waals surface area contributed by atoms with Gasteiger partial charge in [-0.15, -0.1) is 0 Å². The molecule has 0 atom stereocenters. The number of nitrogens with zero attached hydrogens (tertiary/aromatic N) is 4. The van der Waals surface area contributed by atoms with E-state index in [2.05, 4.69) is 19.8 Å². The number of halogens is 2. The molecule has 3 rings (SSSR count). The zero-order chi connectivity index (χ0) is 14.7. The van der Waals surface area contributed by atoms with E-state index in [9.17, 15) is 0 Å². The van der Waals surface area contributed by atoms with Gasteiger partial charge in [0.15, 0.2) is 0 Å². The molecule has 2 aromatic rings. The number of rotatable bonds is 3. The minimum Gasteiger partial charge on any atom is -0.369 e. The lowest BCUT2D eigenvalue weighted by Crippen LogP contribution is -2.46. The van der Waals surface area contributed by atoms with Crippen LogP contribution in [-0.4, -0.2) is 41.0 Å². The molecule has 1 aliphatic rings. The van der Waals surface area contributed by atoms with Crippen molar-refractivity contribution in [2.45, 2.75) is 6.54 Å². The van der Waals surface area contributed by atoms with Gasteiger partial charge in [0.25, 0.3) is 0 Å². The minimum absolute atomic E-state index is 0.575. The topological polar surface area (TPSA) is 32.3 Å². The van der Waals surface area contributed by atoms with Crippen LogP contribution in [0.4, 0.5) is 5.69 Å². The van der Waals surface area contributed by atoms with Gasteiger partial charge < -0.3 is 4.90 Å². The highest BCUT2D eigenvalue weighted by molar-refractivity contribution is 6.34. The average molecular weight is 323 g/mol. The predicted molar refractivity (Wildman–Crippen MR) is 86.0 cm³/mol. The molecule has 3 heterocycles. The minimum atomic E-state index is 0.575. The first kappa shape index (κ1) is 14.6. The average Bonchev–Trinajstić information content (AvgIpc) is 2.52. The molecule has 110 valence electrons. The van der Waals surface area contributed by atoms with Crippen molar-refractivity contribution in [3.05, 3.63) is 52.5 Å². The summed E-state index contributed by atoms with van der Waals surface area (Å²) < 4.78 is 0.